The lowest BCUT2D eigenvalue weighted by Crippen LogP contribution is -2.23. The van der Waals surface area contributed by atoms with Crippen LogP contribution in [0.25, 0.3) is 0 Å². The van der Waals surface area contributed by atoms with E-state index in [9.17, 15) is 18.0 Å². The minimum atomic E-state index is -4.31. The zero-order valence-electron chi connectivity index (χ0n) is 5.76. The number of carboxylic acids is 1. The van der Waals surface area contributed by atoms with Crippen LogP contribution in [-0.4, -0.2) is 22.5 Å². The lowest BCUT2D eigenvalue weighted by molar-refractivity contribution is -0.131. The van der Waals surface area contributed by atoms with E-state index >= 15 is 0 Å². The van der Waals surface area contributed by atoms with Gasteiger partial charge in [-0.25, -0.2) is 4.79 Å². The van der Waals surface area contributed by atoms with Gasteiger partial charge in [0.1, 0.15) is 5.25 Å². The molecule has 1 aliphatic heterocycles. The average Bonchev–Trinajstić information content (AvgIpc) is 2.30. The maximum Gasteiger partial charge on any atom is 0.401 e. The summed E-state index contributed by atoms with van der Waals surface area (Å²) in [6, 6.07) is 0. The van der Waals surface area contributed by atoms with Gasteiger partial charge in [-0.15, -0.1) is 11.8 Å². The summed E-state index contributed by atoms with van der Waals surface area (Å²) in [6.45, 7) is 0. The third kappa shape index (κ3) is 1.94. The summed E-state index contributed by atoms with van der Waals surface area (Å²) in [5.41, 5.74) is 0. The van der Waals surface area contributed by atoms with E-state index in [-0.39, 0.29) is 11.3 Å². The van der Waals surface area contributed by atoms with E-state index < -0.39 is 17.4 Å². The Kier molecular flexibility index (Phi) is 2.36. The van der Waals surface area contributed by atoms with Crippen LogP contribution in [0.2, 0.25) is 0 Å². The van der Waals surface area contributed by atoms with Crippen LogP contribution in [0, 0.1) is 0 Å². The largest absolute Gasteiger partial charge is 0.477 e. The first-order chi connectivity index (χ1) is 5.41. The van der Waals surface area contributed by atoms with E-state index in [1.165, 1.54) is 0 Å². The molecule has 0 radical (unpaired) electrons. The van der Waals surface area contributed by atoms with Crippen molar-refractivity contribution in [2.75, 3.05) is 0 Å². The second kappa shape index (κ2) is 3.01. The van der Waals surface area contributed by atoms with Crippen molar-refractivity contribution in [3.8, 4) is 0 Å². The van der Waals surface area contributed by atoms with Gasteiger partial charge in [0.05, 0.1) is 4.91 Å². The van der Waals surface area contributed by atoms with Crippen LogP contribution in [0.15, 0.2) is 11.0 Å². The molecule has 6 heteroatoms. The van der Waals surface area contributed by atoms with Crippen molar-refractivity contribution in [1.29, 1.82) is 0 Å². The first-order valence-corrected chi connectivity index (χ1v) is 3.96. The number of halogens is 3. The van der Waals surface area contributed by atoms with Gasteiger partial charge in [-0.2, -0.15) is 13.2 Å². The molecule has 0 bridgehead atoms. The van der Waals surface area contributed by atoms with Crippen molar-refractivity contribution in [3.05, 3.63) is 11.0 Å². The van der Waals surface area contributed by atoms with Crippen LogP contribution in [-0.2, 0) is 4.79 Å². The molecule has 0 aromatic heterocycles. The van der Waals surface area contributed by atoms with Crippen molar-refractivity contribution in [3.63, 3.8) is 0 Å². The van der Waals surface area contributed by atoms with Crippen LogP contribution in [0.5, 0.6) is 0 Å². The lowest BCUT2D eigenvalue weighted by atomic mass is 10.3. The molecule has 0 fully saturated rings. The summed E-state index contributed by atoms with van der Waals surface area (Å²) in [7, 11) is 0. The lowest BCUT2D eigenvalue weighted by Gasteiger charge is -2.12. The molecule has 0 aromatic rings. The van der Waals surface area contributed by atoms with E-state index in [4.69, 9.17) is 5.11 Å². The Balaban J connectivity index is 2.59. The standard InChI is InChI=1S/C6H5F3O2S/c7-6(8,9)4-2-1-3(12-4)5(10)11/h1,4H,2H2,(H,10,11). The number of carboxylic acid groups (broad SMARTS) is 1. The predicted molar refractivity (Wildman–Crippen MR) is 37.8 cm³/mol. The number of carbonyl (C=O) groups is 1. The fourth-order valence-corrected chi connectivity index (χ4v) is 1.73. The molecular formula is C6H5F3O2S. The summed E-state index contributed by atoms with van der Waals surface area (Å²) in [5, 5.41) is 6.76. The maximum absolute atomic E-state index is 12.0. The Hall–Kier alpha value is -0.650. The number of thioether (sulfide) groups is 1. The van der Waals surface area contributed by atoms with Gasteiger partial charge >= 0.3 is 12.1 Å². The van der Waals surface area contributed by atoms with Crippen LogP contribution in [0.3, 0.4) is 0 Å². The Morgan fingerprint density at radius 3 is 2.50 bits per heavy atom. The molecule has 1 rings (SSSR count). The Morgan fingerprint density at radius 2 is 2.25 bits per heavy atom. The molecule has 12 heavy (non-hydrogen) atoms. The Labute approximate surface area is 70.4 Å². The highest BCUT2D eigenvalue weighted by Gasteiger charge is 2.43. The van der Waals surface area contributed by atoms with Gasteiger partial charge in [0.25, 0.3) is 0 Å². The summed E-state index contributed by atoms with van der Waals surface area (Å²) in [6.07, 6.45) is -3.45. The minimum absolute atomic E-state index is 0.211. The second-order valence-corrected chi connectivity index (χ2v) is 3.50. The van der Waals surface area contributed by atoms with Crippen molar-refractivity contribution in [2.24, 2.45) is 0 Å². The van der Waals surface area contributed by atoms with Gasteiger partial charge in [-0.1, -0.05) is 6.08 Å². The topological polar surface area (TPSA) is 37.3 Å². The van der Waals surface area contributed by atoms with E-state index in [1.54, 1.807) is 0 Å². The molecule has 1 N–H and O–H groups in total. The molecule has 0 amide bonds. The highest BCUT2D eigenvalue weighted by molar-refractivity contribution is 8.04. The highest BCUT2D eigenvalue weighted by Crippen LogP contribution is 2.41. The minimum Gasteiger partial charge on any atom is -0.477 e. The summed E-state index contributed by atoms with van der Waals surface area (Å²) in [4.78, 5) is 10.0. The van der Waals surface area contributed by atoms with Crippen LogP contribution < -0.4 is 0 Å². The van der Waals surface area contributed by atoms with Gasteiger partial charge < -0.3 is 5.11 Å². The highest BCUT2D eigenvalue weighted by atomic mass is 32.2. The fraction of sp³-hybridized carbons (Fsp3) is 0.500. The molecule has 68 valence electrons. The number of hydrogen-bond acceptors (Lipinski definition) is 2. The van der Waals surface area contributed by atoms with E-state index in [0.717, 1.165) is 6.08 Å². The molecule has 1 aliphatic rings. The molecular weight excluding hydrogens is 193 g/mol. The zero-order chi connectivity index (χ0) is 9.35. The summed E-state index contributed by atoms with van der Waals surface area (Å²) >= 11 is 0.362. The van der Waals surface area contributed by atoms with E-state index in [0.29, 0.717) is 11.8 Å². The van der Waals surface area contributed by atoms with Crippen molar-refractivity contribution < 1.29 is 23.1 Å². The Bertz CT molecular complexity index is 233. The first kappa shape index (κ1) is 9.44. The van der Waals surface area contributed by atoms with Crippen LogP contribution in [0.1, 0.15) is 6.42 Å². The van der Waals surface area contributed by atoms with Gasteiger partial charge in [0, 0.05) is 0 Å². The monoisotopic (exact) mass is 198 g/mol. The van der Waals surface area contributed by atoms with Crippen molar-refractivity contribution in [2.45, 2.75) is 17.8 Å². The number of alkyl halides is 3. The van der Waals surface area contributed by atoms with E-state index in [1.807, 2.05) is 0 Å². The predicted octanol–water partition coefficient (Wildman–Crippen LogP) is 2.02. The third-order valence-electron chi connectivity index (χ3n) is 1.36. The molecule has 1 atom stereocenters. The number of allylic oxidation sites excluding steroid dienone is 1. The fourth-order valence-electron chi connectivity index (χ4n) is 0.802. The number of aliphatic carboxylic acids is 1. The molecule has 2 nitrogen and oxygen atoms in total. The molecule has 0 aromatic carbocycles. The second-order valence-electron chi connectivity index (χ2n) is 2.26. The SMILES string of the molecule is O=C(O)C1=CCC(C(F)(F)F)S1. The van der Waals surface area contributed by atoms with Gasteiger partial charge in [-0.3, -0.25) is 0 Å². The molecule has 0 aliphatic carbocycles. The molecule has 0 saturated carbocycles. The average molecular weight is 198 g/mol. The molecule has 0 saturated heterocycles. The van der Waals surface area contributed by atoms with Gasteiger partial charge in [-0.05, 0) is 6.42 Å². The summed E-state index contributed by atoms with van der Waals surface area (Å²) in [5.74, 6) is -1.29. The van der Waals surface area contributed by atoms with Crippen LogP contribution in [0.4, 0.5) is 13.2 Å². The Morgan fingerprint density at radius 1 is 1.67 bits per heavy atom. The number of rotatable bonds is 1. The van der Waals surface area contributed by atoms with Crippen molar-refractivity contribution >= 4 is 17.7 Å². The molecule has 0 spiro atoms. The van der Waals surface area contributed by atoms with Gasteiger partial charge in [0.15, 0.2) is 0 Å². The zero-order valence-corrected chi connectivity index (χ0v) is 6.58. The van der Waals surface area contributed by atoms with Crippen molar-refractivity contribution in [1.82, 2.24) is 0 Å². The quantitative estimate of drug-likeness (QED) is 0.700. The van der Waals surface area contributed by atoms with E-state index in [2.05, 4.69) is 0 Å². The number of hydrogen-bond donors (Lipinski definition) is 1. The third-order valence-corrected chi connectivity index (χ3v) is 2.70. The molecule has 1 unspecified atom stereocenters. The van der Waals surface area contributed by atoms with Crippen LogP contribution >= 0.6 is 11.8 Å². The summed E-state index contributed by atoms with van der Waals surface area (Å²) < 4.78 is 35.9. The first-order valence-electron chi connectivity index (χ1n) is 3.08. The van der Waals surface area contributed by atoms with Gasteiger partial charge in [0.2, 0.25) is 0 Å². The maximum atomic E-state index is 12.0. The normalized spacial score (nSPS) is 23.9. The molecule has 1 heterocycles. The smallest absolute Gasteiger partial charge is 0.401 e.